The lowest BCUT2D eigenvalue weighted by Gasteiger charge is -2.26. The molecule has 2 aromatic carbocycles. The van der Waals surface area contributed by atoms with Gasteiger partial charge in [-0.15, -0.1) is 0 Å². The molecule has 34 heavy (non-hydrogen) atoms. The maximum Gasteiger partial charge on any atom is 0.407 e. The maximum atomic E-state index is 12.3. The average Bonchev–Trinajstić information content (AvgIpc) is 3.10. The van der Waals surface area contributed by atoms with Gasteiger partial charge in [0.25, 0.3) is 0 Å². The van der Waals surface area contributed by atoms with Crippen molar-refractivity contribution in [2.45, 2.75) is 57.9 Å². The number of carbonyl (C=O) groups is 3. The van der Waals surface area contributed by atoms with Gasteiger partial charge in [-0.2, -0.15) is 0 Å². The normalized spacial score (nSPS) is 13.5. The van der Waals surface area contributed by atoms with E-state index in [1.807, 2.05) is 45.0 Å². The third kappa shape index (κ3) is 6.83. The molecule has 0 aliphatic heterocycles. The van der Waals surface area contributed by atoms with Crippen LogP contribution in [0.2, 0.25) is 0 Å². The number of hydrogen-bond donors (Lipinski definition) is 3. The number of carboxylic acid groups (broad SMARTS) is 1. The Hall–Kier alpha value is -3.35. The Morgan fingerprint density at radius 3 is 2.21 bits per heavy atom. The van der Waals surface area contributed by atoms with E-state index < -0.39 is 17.6 Å². The molecule has 182 valence electrons. The maximum absolute atomic E-state index is 12.3. The van der Waals surface area contributed by atoms with E-state index in [0.29, 0.717) is 25.8 Å². The van der Waals surface area contributed by atoms with Gasteiger partial charge in [0.2, 0.25) is 5.91 Å². The molecule has 0 bridgehead atoms. The third-order valence-corrected chi connectivity index (χ3v) is 6.23. The van der Waals surface area contributed by atoms with E-state index in [9.17, 15) is 14.4 Å². The summed E-state index contributed by atoms with van der Waals surface area (Å²) in [6, 6.07) is 16.4. The lowest BCUT2D eigenvalue weighted by atomic mass is 9.96. The van der Waals surface area contributed by atoms with Crippen molar-refractivity contribution in [1.29, 1.82) is 0 Å². The lowest BCUT2D eigenvalue weighted by molar-refractivity contribution is -0.137. The Morgan fingerprint density at radius 1 is 1.03 bits per heavy atom. The number of carboxylic acids is 1. The number of fused-ring (bicyclic) bond motifs is 3. The standard InChI is InChI=1S/C27H34N2O5/c1-18(16-24(30)29-27(2,3)14-12-25(31)32)13-15-28-26(33)34-17-23-21-10-6-4-8-19(21)20-9-5-7-11-22(20)23/h4-11,18,23H,12-17H2,1-3H3,(H,28,33)(H,29,30)(H,31,32). The Kier molecular flexibility index (Phi) is 8.31. The first-order valence-electron chi connectivity index (χ1n) is 11.8. The van der Waals surface area contributed by atoms with Crippen LogP contribution >= 0.6 is 0 Å². The zero-order valence-corrected chi connectivity index (χ0v) is 20.1. The van der Waals surface area contributed by atoms with Crippen LogP contribution in [-0.2, 0) is 14.3 Å². The first kappa shape index (κ1) is 25.3. The molecule has 0 fully saturated rings. The molecular formula is C27H34N2O5. The smallest absolute Gasteiger partial charge is 0.407 e. The fraction of sp³-hybridized carbons (Fsp3) is 0.444. The summed E-state index contributed by atoms with van der Waals surface area (Å²) in [6.45, 7) is 6.26. The van der Waals surface area contributed by atoms with Crippen molar-refractivity contribution in [2.24, 2.45) is 5.92 Å². The van der Waals surface area contributed by atoms with Crippen molar-refractivity contribution < 1.29 is 24.2 Å². The van der Waals surface area contributed by atoms with Crippen molar-refractivity contribution in [1.82, 2.24) is 10.6 Å². The lowest BCUT2D eigenvalue weighted by Crippen LogP contribution is -2.44. The van der Waals surface area contributed by atoms with Gasteiger partial charge in [0.05, 0.1) is 0 Å². The minimum atomic E-state index is -0.880. The molecule has 1 atom stereocenters. The topological polar surface area (TPSA) is 105 Å². The van der Waals surface area contributed by atoms with Crippen LogP contribution < -0.4 is 10.6 Å². The molecule has 1 aliphatic carbocycles. The van der Waals surface area contributed by atoms with E-state index in [1.54, 1.807) is 0 Å². The van der Waals surface area contributed by atoms with E-state index >= 15 is 0 Å². The van der Waals surface area contributed by atoms with Crippen LogP contribution in [0.15, 0.2) is 48.5 Å². The molecule has 0 radical (unpaired) electrons. The van der Waals surface area contributed by atoms with Gasteiger partial charge in [-0.1, -0.05) is 55.5 Å². The number of amides is 2. The number of alkyl carbamates (subject to hydrolysis) is 1. The summed E-state index contributed by atoms with van der Waals surface area (Å²) in [7, 11) is 0. The number of ether oxygens (including phenoxy) is 1. The Bertz CT molecular complexity index is 988. The number of rotatable bonds is 11. The van der Waals surface area contributed by atoms with Crippen molar-refractivity contribution in [2.75, 3.05) is 13.2 Å². The predicted octanol–water partition coefficient (Wildman–Crippen LogP) is 4.70. The number of carbonyl (C=O) groups excluding carboxylic acids is 2. The fourth-order valence-electron chi connectivity index (χ4n) is 4.40. The molecule has 2 amide bonds. The van der Waals surface area contributed by atoms with Crippen molar-refractivity contribution in [3.63, 3.8) is 0 Å². The second-order valence-electron chi connectivity index (χ2n) is 9.68. The summed E-state index contributed by atoms with van der Waals surface area (Å²) in [5.41, 5.74) is 4.13. The molecule has 7 heteroatoms. The summed E-state index contributed by atoms with van der Waals surface area (Å²) in [4.78, 5) is 35.3. The highest BCUT2D eigenvalue weighted by Crippen LogP contribution is 2.44. The van der Waals surface area contributed by atoms with E-state index in [1.165, 1.54) is 22.3 Å². The van der Waals surface area contributed by atoms with E-state index in [0.717, 1.165) is 0 Å². The molecule has 0 saturated carbocycles. The average molecular weight is 467 g/mol. The van der Waals surface area contributed by atoms with E-state index in [4.69, 9.17) is 9.84 Å². The molecule has 3 rings (SSSR count). The van der Waals surface area contributed by atoms with Gasteiger partial charge in [-0.05, 0) is 54.9 Å². The molecule has 0 saturated heterocycles. The van der Waals surface area contributed by atoms with E-state index in [2.05, 4.69) is 34.9 Å². The van der Waals surface area contributed by atoms with Crippen LogP contribution in [0.3, 0.4) is 0 Å². The third-order valence-electron chi connectivity index (χ3n) is 6.23. The van der Waals surface area contributed by atoms with Gasteiger partial charge in [-0.3, -0.25) is 9.59 Å². The molecule has 0 aromatic heterocycles. The highest BCUT2D eigenvalue weighted by Gasteiger charge is 2.29. The Morgan fingerprint density at radius 2 is 1.62 bits per heavy atom. The summed E-state index contributed by atoms with van der Waals surface area (Å²) in [6.07, 6.45) is 0.850. The van der Waals surface area contributed by atoms with Gasteiger partial charge in [0, 0.05) is 30.8 Å². The van der Waals surface area contributed by atoms with Crippen LogP contribution in [0.1, 0.15) is 63.5 Å². The number of aliphatic carboxylic acids is 1. The predicted molar refractivity (Wildman–Crippen MR) is 131 cm³/mol. The van der Waals surface area contributed by atoms with Crippen LogP contribution in [0, 0.1) is 5.92 Å². The zero-order valence-electron chi connectivity index (χ0n) is 20.1. The quantitative estimate of drug-likeness (QED) is 0.445. The molecule has 2 aromatic rings. The number of nitrogens with one attached hydrogen (secondary N) is 2. The zero-order chi connectivity index (χ0) is 24.7. The summed E-state index contributed by atoms with van der Waals surface area (Å²) < 4.78 is 5.54. The van der Waals surface area contributed by atoms with Crippen molar-refractivity contribution in [3.05, 3.63) is 59.7 Å². The van der Waals surface area contributed by atoms with E-state index in [-0.39, 0.29) is 30.8 Å². The Balaban J connectivity index is 1.40. The van der Waals surface area contributed by atoms with Crippen molar-refractivity contribution in [3.8, 4) is 11.1 Å². The highest BCUT2D eigenvalue weighted by molar-refractivity contribution is 5.79. The van der Waals surface area contributed by atoms with Crippen LogP contribution in [0.4, 0.5) is 4.79 Å². The fourth-order valence-corrected chi connectivity index (χ4v) is 4.40. The highest BCUT2D eigenvalue weighted by atomic mass is 16.5. The largest absolute Gasteiger partial charge is 0.481 e. The van der Waals surface area contributed by atoms with Gasteiger partial charge < -0.3 is 20.5 Å². The van der Waals surface area contributed by atoms with Crippen LogP contribution in [0.25, 0.3) is 11.1 Å². The molecule has 0 spiro atoms. The first-order chi connectivity index (χ1) is 16.2. The molecule has 1 aliphatic rings. The first-order valence-corrected chi connectivity index (χ1v) is 11.8. The second kappa shape index (κ2) is 11.2. The summed E-state index contributed by atoms with van der Waals surface area (Å²) in [5.74, 6) is -0.923. The van der Waals surface area contributed by atoms with Crippen LogP contribution in [-0.4, -0.2) is 41.8 Å². The minimum Gasteiger partial charge on any atom is -0.481 e. The molecule has 3 N–H and O–H groups in total. The number of benzene rings is 2. The van der Waals surface area contributed by atoms with Crippen molar-refractivity contribution >= 4 is 18.0 Å². The SMILES string of the molecule is CC(CCNC(=O)OCC1c2ccccc2-c2ccccc21)CC(=O)NC(C)(C)CCC(=O)O. The minimum absolute atomic E-state index is 0.00684. The second-order valence-corrected chi connectivity index (χ2v) is 9.68. The molecular weight excluding hydrogens is 432 g/mol. The number of hydrogen-bond acceptors (Lipinski definition) is 4. The van der Waals surface area contributed by atoms with Gasteiger partial charge in [0.15, 0.2) is 0 Å². The monoisotopic (exact) mass is 466 g/mol. The van der Waals surface area contributed by atoms with Gasteiger partial charge in [-0.25, -0.2) is 4.79 Å². The molecule has 1 unspecified atom stereocenters. The van der Waals surface area contributed by atoms with Gasteiger partial charge >= 0.3 is 12.1 Å². The van der Waals surface area contributed by atoms with Gasteiger partial charge in [0.1, 0.15) is 6.61 Å². The van der Waals surface area contributed by atoms with Crippen LogP contribution in [0.5, 0.6) is 0 Å². The summed E-state index contributed by atoms with van der Waals surface area (Å²) in [5, 5.41) is 14.5. The molecule has 7 nitrogen and oxygen atoms in total. The Labute approximate surface area is 200 Å². The molecule has 0 heterocycles. The summed E-state index contributed by atoms with van der Waals surface area (Å²) >= 11 is 0.